The third-order valence-corrected chi connectivity index (χ3v) is 7.18. The fraction of sp³-hybridized carbons (Fsp3) is 0.680. The van der Waals surface area contributed by atoms with Crippen molar-refractivity contribution in [1.82, 2.24) is 10.2 Å². The van der Waals surface area contributed by atoms with Gasteiger partial charge in [0.2, 0.25) is 6.41 Å². The molecule has 3 amide bonds. The smallest absolute Gasteiger partial charge is 0.324 e. The number of carbonyl (C=O) groups is 2. The van der Waals surface area contributed by atoms with Crippen molar-refractivity contribution in [3.8, 4) is 0 Å². The number of amides is 3. The highest BCUT2D eigenvalue weighted by atomic mass is 16.5. The number of aryl methyl sites for hydroxylation is 1. The molecule has 5 nitrogen and oxygen atoms in total. The van der Waals surface area contributed by atoms with Crippen molar-refractivity contribution >= 4 is 12.4 Å². The molecule has 0 aromatic heterocycles. The van der Waals surface area contributed by atoms with E-state index >= 15 is 0 Å². The van der Waals surface area contributed by atoms with Gasteiger partial charge < -0.3 is 10.1 Å². The van der Waals surface area contributed by atoms with Crippen LogP contribution in [-0.4, -0.2) is 36.6 Å². The molecule has 1 unspecified atom stereocenters. The van der Waals surface area contributed by atoms with Gasteiger partial charge in [0.05, 0.1) is 12.1 Å². The maximum Gasteiger partial charge on any atom is 0.324 e. The highest BCUT2D eigenvalue weighted by Crippen LogP contribution is 2.54. The molecule has 1 spiro atoms. The molecule has 1 N–H and O–H groups in total. The number of benzene rings is 1. The van der Waals surface area contributed by atoms with E-state index in [1.54, 1.807) is 7.11 Å². The van der Waals surface area contributed by atoms with E-state index in [-0.39, 0.29) is 23.5 Å². The Kier molecular flexibility index (Phi) is 7.56. The molecule has 5 heteroatoms. The van der Waals surface area contributed by atoms with Gasteiger partial charge in [0.15, 0.2) is 0 Å². The van der Waals surface area contributed by atoms with Gasteiger partial charge >= 0.3 is 6.03 Å². The first-order valence-corrected chi connectivity index (χ1v) is 11.6. The minimum atomic E-state index is -0.289. The molecule has 0 heterocycles. The Morgan fingerprint density at radius 2 is 2.03 bits per heavy atom. The van der Waals surface area contributed by atoms with E-state index in [4.69, 9.17) is 4.74 Å². The van der Waals surface area contributed by atoms with Crippen LogP contribution in [0.25, 0.3) is 0 Å². The van der Waals surface area contributed by atoms with Gasteiger partial charge in [-0.1, -0.05) is 38.0 Å². The highest BCUT2D eigenvalue weighted by molar-refractivity contribution is 5.85. The fourth-order valence-electron chi connectivity index (χ4n) is 5.32. The van der Waals surface area contributed by atoms with Gasteiger partial charge in [0.25, 0.3) is 0 Å². The predicted molar refractivity (Wildman–Crippen MR) is 119 cm³/mol. The van der Waals surface area contributed by atoms with E-state index in [0.717, 1.165) is 38.5 Å². The molecule has 0 saturated heterocycles. The maximum atomic E-state index is 13.0. The molecule has 1 atom stereocenters. The van der Waals surface area contributed by atoms with Gasteiger partial charge in [-0.15, -0.1) is 0 Å². The Bertz CT molecular complexity index is 738. The minimum Gasteiger partial charge on any atom is -0.381 e. The lowest BCUT2D eigenvalue weighted by atomic mass is 9.68. The fourth-order valence-corrected chi connectivity index (χ4v) is 5.32. The Balaban J connectivity index is 1.88. The minimum absolute atomic E-state index is 0.0145. The van der Waals surface area contributed by atoms with Crippen molar-refractivity contribution in [3.05, 3.63) is 34.9 Å². The van der Waals surface area contributed by atoms with Crippen molar-refractivity contribution < 1.29 is 14.3 Å². The zero-order valence-electron chi connectivity index (χ0n) is 19.1. The molecule has 0 aliphatic heterocycles. The van der Waals surface area contributed by atoms with Gasteiger partial charge in [-0.25, -0.2) is 4.79 Å². The van der Waals surface area contributed by atoms with Crippen LogP contribution in [0.4, 0.5) is 4.79 Å². The number of methoxy groups -OCH3 is 1. The lowest BCUT2D eigenvalue weighted by Crippen LogP contribution is -2.48. The number of urea groups is 1. The van der Waals surface area contributed by atoms with Gasteiger partial charge in [-0.05, 0) is 80.9 Å². The summed E-state index contributed by atoms with van der Waals surface area (Å²) in [6.07, 6.45) is 10.7. The van der Waals surface area contributed by atoms with Crippen molar-refractivity contribution in [2.24, 2.45) is 5.41 Å². The largest absolute Gasteiger partial charge is 0.381 e. The molecule has 1 saturated carbocycles. The Hall–Kier alpha value is -1.88. The van der Waals surface area contributed by atoms with Crippen molar-refractivity contribution in [1.29, 1.82) is 0 Å². The first-order chi connectivity index (χ1) is 14.4. The number of unbranched alkanes of at least 4 members (excludes halogenated alkanes) is 2. The SMILES string of the molecule is CCCCCc1ccc2c(c1)C(NC(=O)N(C=O)C(C)C)C1(CCC(OC)CC1)C2. The molecule has 0 bridgehead atoms. The van der Waals surface area contributed by atoms with Crippen molar-refractivity contribution in [2.75, 3.05) is 7.11 Å². The average Bonchev–Trinajstić information content (AvgIpc) is 3.01. The van der Waals surface area contributed by atoms with Crippen LogP contribution < -0.4 is 5.32 Å². The van der Waals surface area contributed by atoms with Gasteiger partial charge in [-0.3, -0.25) is 9.69 Å². The summed E-state index contributed by atoms with van der Waals surface area (Å²) >= 11 is 0. The number of ether oxygens (including phenoxy) is 1. The van der Waals surface area contributed by atoms with Crippen molar-refractivity contribution in [3.63, 3.8) is 0 Å². The van der Waals surface area contributed by atoms with E-state index < -0.39 is 0 Å². The monoisotopic (exact) mass is 414 g/mol. The summed E-state index contributed by atoms with van der Waals surface area (Å²) in [6.45, 7) is 5.95. The highest BCUT2D eigenvalue weighted by Gasteiger charge is 2.49. The normalized spacial score (nSPS) is 25.4. The molecular weight excluding hydrogens is 376 g/mol. The molecule has 1 aromatic rings. The molecule has 30 heavy (non-hydrogen) atoms. The second-order valence-corrected chi connectivity index (χ2v) is 9.45. The number of imide groups is 1. The van der Waals surface area contributed by atoms with E-state index in [1.807, 2.05) is 13.8 Å². The summed E-state index contributed by atoms with van der Waals surface area (Å²) in [5, 5.41) is 3.27. The van der Waals surface area contributed by atoms with E-state index in [0.29, 0.717) is 12.5 Å². The maximum absolute atomic E-state index is 13.0. The van der Waals surface area contributed by atoms with Crippen LogP contribution in [0.15, 0.2) is 18.2 Å². The topological polar surface area (TPSA) is 58.6 Å². The number of rotatable bonds is 8. The number of fused-ring (bicyclic) bond motifs is 1. The second kappa shape index (κ2) is 9.95. The van der Waals surface area contributed by atoms with Gasteiger partial charge in [0, 0.05) is 13.2 Å². The second-order valence-electron chi connectivity index (χ2n) is 9.45. The van der Waals surface area contributed by atoms with Crippen LogP contribution in [0.5, 0.6) is 0 Å². The quantitative estimate of drug-likeness (QED) is 0.472. The summed E-state index contributed by atoms with van der Waals surface area (Å²) < 4.78 is 5.61. The van der Waals surface area contributed by atoms with E-state index in [9.17, 15) is 9.59 Å². The van der Waals surface area contributed by atoms with Crippen LogP contribution in [-0.2, 0) is 22.4 Å². The summed E-state index contributed by atoms with van der Waals surface area (Å²) in [5.41, 5.74) is 3.96. The van der Waals surface area contributed by atoms with E-state index in [1.165, 1.54) is 40.9 Å². The van der Waals surface area contributed by atoms with Crippen LogP contribution in [0, 0.1) is 5.41 Å². The Morgan fingerprint density at radius 1 is 1.30 bits per heavy atom. The van der Waals surface area contributed by atoms with Gasteiger partial charge in [0.1, 0.15) is 0 Å². The Labute approximate surface area is 181 Å². The molecule has 2 aliphatic carbocycles. The Morgan fingerprint density at radius 3 is 2.63 bits per heavy atom. The zero-order chi connectivity index (χ0) is 21.7. The number of carbonyl (C=O) groups excluding carboxylic acids is 2. The number of hydrogen-bond acceptors (Lipinski definition) is 3. The van der Waals surface area contributed by atoms with Crippen LogP contribution in [0.3, 0.4) is 0 Å². The predicted octanol–water partition coefficient (Wildman–Crippen LogP) is 5.17. The molecular formula is C25H38N2O3. The molecule has 2 aliphatic rings. The third kappa shape index (κ3) is 4.72. The molecule has 1 aromatic carbocycles. The van der Waals surface area contributed by atoms with Crippen molar-refractivity contribution in [2.45, 2.75) is 96.7 Å². The molecule has 166 valence electrons. The molecule has 3 rings (SSSR count). The van der Waals surface area contributed by atoms with Crippen LogP contribution in [0.2, 0.25) is 0 Å². The summed E-state index contributed by atoms with van der Waals surface area (Å²) in [5.74, 6) is 0. The lowest BCUT2D eigenvalue weighted by molar-refractivity contribution is -0.116. The molecule has 0 radical (unpaired) electrons. The standard InChI is InChI=1S/C25H38N2O3/c1-5-6-7-8-19-9-10-20-16-25(13-11-21(30-4)12-14-25)23(22(20)15-19)26-24(29)27(17-28)18(2)3/h9-10,15,17-18,21,23H,5-8,11-14,16H2,1-4H3,(H,26,29). The van der Waals surface area contributed by atoms with Crippen LogP contribution >= 0.6 is 0 Å². The number of hydrogen-bond donors (Lipinski definition) is 1. The third-order valence-electron chi connectivity index (χ3n) is 7.18. The lowest BCUT2D eigenvalue weighted by Gasteiger charge is -2.42. The zero-order valence-corrected chi connectivity index (χ0v) is 19.1. The van der Waals surface area contributed by atoms with Gasteiger partial charge in [-0.2, -0.15) is 0 Å². The van der Waals surface area contributed by atoms with E-state index in [2.05, 4.69) is 30.4 Å². The summed E-state index contributed by atoms with van der Waals surface area (Å²) in [7, 11) is 1.79. The molecule has 1 fully saturated rings. The summed E-state index contributed by atoms with van der Waals surface area (Å²) in [4.78, 5) is 25.8. The van der Waals surface area contributed by atoms with Crippen LogP contribution in [0.1, 0.15) is 88.4 Å². The average molecular weight is 415 g/mol. The number of nitrogens with one attached hydrogen (secondary N) is 1. The number of nitrogens with zero attached hydrogens (tertiary/aromatic N) is 1. The summed E-state index contributed by atoms with van der Waals surface area (Å²) in [6, 6.07) is 6.34. The first-order valence-electron chi connectivity index (χ1n) is 11.6. The first kappa shape index (κ1) is 22.8.